The van der Waals surface area contributed by atoms with Crippen LogP contribution >= 0.6 is 11.8 Å². The maximum absolute atomic E-state index is 3.65. The summed E-state index contributed by atoms with van der Waals surface area (Å²) in [7, 11) is 0. The maximum atomic E-state index is 3.65. The van der Waals surface area contributed by atoms with E-state index >= 15 is 0 Å². The Labute approximate surface area is 117 Å². The molecule has 104 valence electrons. The second-order valence-corrected chi connectivity index (χ2v) is 5.81. The van der Waals surface area contributed by atoms with Gasteiger partial charge in [0.05, 0.1) is 0 Å². The van der Waals surface area contributed by atoms with E-state index in [2.05, 4.69) is 48.4 Å². The molecular weight excluding hydrogens is 240 g/mol. The molecule has 2 nitrogen and oxygen atoms in total. The van der Waals surface area contributed by atoms with E-state index in [1.54, 1.807) is 0 Å². The molecule has 1 aromatic rings. The fraction of sp³-hybridized carbons (Fsp3) is 0.733. The van der Waals surface area contributed by atoms with Crippen LogP contribution in [0.5, 0.6) is 0 Å². The first-order chi connectivity index (χ1) is 8.81. The molecule has 1 atom stereocenters. The number of nitrogens with zero attached hydrogens (tertiary/aromatic N) is 1. The molecule has 1 aromatic heterocycles. The molecule has 18 heavy (non-hydrogen) atoms. The summed E-state index contributed by atoms with van der Waals surface area (Å²) in [5, 5.41) is 3.65. The van der Waals surface area contributed by atoms with Gasteiger partial charge in [-0.1, -0.05) is 20.3 Å². The van der Waals surface area contributed by atoms with Crippen molar-refractivity contribution in [3.8, 4) is 0 Å². The van der Waals surface area contributed by atoms with Crippen LogP contribution in [-0.4, -0.2) is 23.1 Å². The van der Waals surface area contributed by atoms with Crippen LogP contribution in [0.15, 0.2) is 18.5 Å². The Morgan fingerprint density at radius 3 is 2.83 bits per heavy atom. The maximum Gasteiger partial charge on any atom is 0.0335 e. The summed E-state index contributed by atoms with van der Waals surface area (Å²) in [6.07, 6.45) is 11.7. The fourth-order valence-electron chi connectivity index (χ4n) is 2.19. The molecule has 0 radical (unpaired) electrons. The Bertz CT molecular complexity index is 309. The van der Waals surface area contributed by atoms with E-state index < -0.39 is 0 Å². The lowest BCUT2D eigenvalue weighted by Gasteiger charge is -2.16. The summed E-state index contributed by atoms with van der Waals surface area (Å²) in [6, 6.07) is 2.82. The van der Waals surface area contributed by atoms with Crippen LogP contribution in [0.25, 0.3) is 0 Å². The van der Waals surface area contributed by atoms with Gasteiger partial charge in [0.2, 0.25) is 0 Å². The van der Waals surface area contributed by atoms with E-state index in [0.717, 1.165) is 13.1 Å². The van der Waals surface area contributed by atoms with Crippen molar-refractivity contribution in [3.05, 3.63) is 24.0 Å². The van der Waals surface area contributed by atoms with Gasteiger partial charge in [0, 0.05) is 25.0 Å². The molecule has 0 bridgehead atoms. The van der Waals surface area contributed by atoms with Gasteiger partial charge in [-0.3, -0.25) is 0 Å². The van der Waals surface area contributed by atoms with Crippen molar-refractivity contribution in [1.29, 1.82) is 0 Å². The monoisotopic (exact) mass is 268 g/mol. The topological polar surface area (TPSA) is 17.0 Å². The highest BCUT2D eigenvalue weighted by atomic mass is 32.2. The van der Waals surface area contributed by atoms with Crippen molar-refractivity contribution in [3.63, 3.8) is 0 Å². The molecule has 1 unspecified atom stereocenters. The molecule has 1 heterocycles. The lowest BCUT2D eigenvalue weighted by molar-refractivity contribution is 0.493. The average molecular weight is 268 g/mol. The van der Waals surface area contributed by atoms with Crippen LogP contribution in [0, 0.1) is 0 Å². The van der Waals surface area contributed by atoms with Gasteiger partial charge in [0.15, 0.2) is 0 Å². The molecule has 0 aliphatic heterocycles. The summed E-state index contributed by atoms with van der Waals surface area (Å²) >= 11 is 1.93. The minimum atomic E-state index is 0.539. The second kappa shape index (κ2) is 9.51. The molecule has 3 heteroatoms. The van der Waals surface area contributed by atoms with Gasteiger partial charge in [-0.2, -0.15) is 11.8 Å². The first-order valence-electron chi connectivity index (χ1n) is 7.19. The van der Waals surface area contributed by atoms with Gasteiger partial charge in [0.1, 0.15) is 0 Å². The third kappa shape index (κ3) is 5.49. The number of aryl methyl sites for hydroxylation is 1. The molecule has 1 N–H and O–H groups in total. The lowest BCUT2D eigenvalue weighted by atomic mass is 10.1. The Balaban J connectivity index is 2.50. The Morgan fingerprint density at radius 2 is 2.17 bits per heavy atom. The van der Waals surface area contributed by atoms with Crippen LogP contribution < -0.4 is 5.32 Å². The van der Waals surface area contributed by atoms with Crippen molar-refractivity contribution < 1.29 is 0 Å². The van der Waals surface area contributed by atoms with Crippen molar-refractivity contribution >= 4 is 11.8 Å². The van der Waals surface area contributed by atoms with Gasteiger partial charge in [-0.05, 0) is 49.4 Å². The third-order valence-corrected chi connectivity index (χ3v) is 3.86. The predicted octanol–water partition coefficient (Wildman–Crippen LogP) is 4.08. The summed E-state index contributed by atoms with van der Waals surface area (Å²) in [5.41, 5.74) is 1.45. The van der Waals surface area contributed by atoms with Gasteiger partial charge in [-0.25, -0.2) is 0 Å². The SMILES string of the molecule is CCCNC(CCC)c1ccn(CCCSC)c1. The molecule has 1 rings (SSSR count). The lowest BCUT2D eigenvalue weighted by Crippen LogP contribution is -2.21. The number of hydrogen-bond acceptors (Lipinski definition) is 2. The Morgan fingerprint density at radius 1 is 1.33 bits per heavy atom. The zero-order valence-electron chi connectivity index (χ0n) is 12.1. The molecule has 0 aliphatic carbocycles. The normalized spacial score (nSPS) is 12.8. The molecule has 0 saturated carbocycles. The molecule has 0 saturated heterocycles. The molecular formula is C15H28N2S. The van der Waals surface area contributed by atoms with Gasteiger partial charge >= 0.3 is 0 Å². The standard InChI is InChI=1S/C15H28N2S/c1-4-7-15(16-9-5-2)14-8-11-17(13-14)10-6-12-18-3/h8,11,13,15-16H,4-7,9-10,12H2,1-3H3. The smallest absolute Gasteiger partial charge is 0.0335 e. The van der Waals surface area contributed by atoms with Crippen LogP contribution in [0.3, 0.4) is 0 Å². The number of rotatable bonds is 10. The third-order valence-electron chi connectivity index (χ3n) is 3.16. The Kier molecular flexibility index (Phi) is 8.27. The first-order valence-corrected chi connectivity index (χ1v) is 8.59. The highest BCUT2D eigenvalue weighted by Gasteiger charge is 2.10. The Hall–Kier alpha value is -0.410. The fourth-order valence-corrected chi connectivity index (χ4v) is 2.61. The van der Waals surface area contributed by atoms with Gasteiger partial charge in [-0.15, -0.1) is 0 Å². The van der Waals surface area contributed by atoms with Gasteiger partial charge in [0.25, 0.3) is 0 Å². The minimum absolute atomic E-state index is 0.539. The van der Waals surface area contributed by atoms with E-state index in [9.17, 15) is 0 Å². The minimum Gasteiger partial charge on any atom is -0.354 e. The van der Waals surface area contributed by atoms with E-state index in [1.165, 1.54) is 37.0 Å². The van der Waals surface area contributed by atoms with Crippen LogP contribution in [0.4, 0.5) is 0 Å². The summed E-state index contributed by atoms with van der Waals surface area (Å²) < 4.78 is 2.34. The molecule has 0 aromatic carbocycles. The summed E-state index contributed by atoms with van der Waals surface area (Å²) in [5.74, 6) is 1.25. The largest absolute Gasteiger partial charge is 0.354 e. The van der Waals surface area contributed by atoms with E-state index in [0.29, 0.717) is 6.04 Å². The molecule has 0 fully saturated rings. The highest BCUT2D eigenvalue weighted by Crippen LogP contribution is 2.19. The van der Waals surface area contributed by atoms with E-state index in [4.69, 9.17) is 0 Å². The number of thioether (sulfide) groups is 1. The first kappa shape index (κ1) is 15.6. The van der Waals surface area contributed by atoms with Crippen molar-refractivity contribution in [2.45, 2.75) is 52.1 Å². The number of nitrogens with one attached hydrogen (secondary N) is 1. The van der Waals surface area contributed by atoms with E-state index in [1.807, 2.05) is 11.8 Å². The zero-order valence-corrected chi connectivity index (χ0v) is 12.9. The quantitative estimate of drug-likeness (QED) is 0.644. The summed E-state index contributed by atoms with van der Waals surface area (Å²) in [4.78, 5) is 0. The molecule has 0 amide bonds. The van der Waals surface area contributed by atoms with Crippen LogP contribution in [-0.2, 0) is 6.54 Å². The average Bonchev–Trinajstić information content (AvgIpc) is 2.83. The van der Waals surface area contributed by atoms with Gasteiger partial charge < -0.3 is 9.88 Å². The van der Waals surface area contributed by atoms with Crippen molar-refractivity contribution in [1.82, 2.24) is 9.88 Å². The predicted molar refractivity (Wildman–Crippen MR) is 83.4 cm³/mol. The van der Waals surface area contributed by atoms with Crippen LogP contribution in [0.1, 0.15) is 51.1 Å². The zero-order chi connectivity index (χ0) is 13.2. The van der Waals surface area contributed by atoms with E-state index in [-0.39, 0.29) is 0 Å². The highest BCUT2D eigenvalue weighted by molar-refractivity contribution is 7.98. The van der Waals surface area contributed by atoms with Crippen molar-refractivity contribution in [2.24, 2.45) is 0 Å². The number of hydrogen-bond donors (Lipinski definition) is 1. The van der Waals surface area contributed by atoms with Crippen LogP contribution in [0.2, 0.25) is 0 Å². The molecule has 0 spiro atoms. The number of aromatic nitrogens is 1. The molecule has 0 aliphatic rings. The second-order valence-electron chi connectivity index (χ2n) is 4.82. The summed E-state index contributed by atoms with van der Waals surface area (Å²) in [6.45, 7) is 6.75. The van der Waals surface area contributed by atoms with Crippen molar-refractivity contribution in [2.75, 3.05) is 18.6 Å².